The van der Waals surface area contributed by atoms with Crippen LogP contribution in [-0.2, 0) is 0 Å². The van der Waals surface area contributed by atoms with Gasteiger partial charge < -0.3 is 15.5 Å². The number of amides is 2. The molecule has 0 atom stereocenters. The maximum atomic E-state index is 12.7. The van der Waals surface area contributed by atoms with E-state index in [-0.39, 0.29) is 12.1 Å². The molecule has 2 N–H and O–H groups in total. The molecule has 0 aliphatic carbocycles. The maximum absolute atomic E-state index is 12.7. The van der Waals surface area contributed by atoms with Crippen LogP contribution in [0.25, 0.3) is 0 Å². The van der Waals surface area contributed by atoms with Crippen molar-refractivity contribution < 1.29 is 4.79 Å². The van der Waals surface area contributed by atoms with E-state index in [2.05, 4.69) is 26.6 Å². The van der Waals surface area contributed by atoms with Gasteiger partial charge in [-0.1, -0.05) is 60.7 Å². The van der Waals surface area contributed by atoms with Crippen molar-refractivity contribution in [1.29, 1.82) is 0 Å². The molecule has 1 aliphatic rings. The van der Waals surface area contributed by atoms with Gasteiger partial charge in [-0.05, 0) is 42.0 Å². The molecule has 4 rings (SSSR count). The van der Waals surface area contributed by atoms with Crippen LogP contribution in [0.3, 0.4) is 0 Å². The van der Waals surface area contributed by atoms with Crippen molar-refractivity contribution in [2.75, 3.05) is 24.5 Å². The number of carbonyl (C=O) groups is 1. The van der Waals surface area contributed by atoms with Gasteiger partial charge in [-0.3, -0.25) is 4.98 Å². The topological polar surface area (TPSA) is 57.3 Å². The summed E-state index contributed by atoms with van der Waals surface area (Å²) in [5, 5.41) is 6.25. The van der Waals surface area contributed by atoms with Gasteiger partial charge in [0.2, 0.25) is 0 Å². The zero-order chi connectivity index (χ0) is 20.6. The Kier molecular flexibility index (Phi) is 6.60. The Morgan fingerprint density at radius 2 is 1.57 bits per heavy atom. The number of aromatic nitrogens is 1. The molecule has 0 unspecified atom stereocenters. The third-order valence-corrected chi connectivity index (χ3v) is 5.72. The van der Waals surface area contributed by atoms with E-state index in [4.69, 9.17) is 0 Å². The van der Waals surface area contributed by atoms with Crippen LogP contribution in [0.2, 0.25) is 0 Å². The van der Waals surface area contributed by atoms with Crippen molar-refractivity contribution in [3.05, 3.63) is 96.3 Å². The summed E-state index contributed by atoms with van der Waals surface area (Å²) >= 11 is 0. The quantitative estimate of drug-likeness (QED) is 0.645. The third kappa shape index (κ3) is 5.17. The van der Waals surface area contributed by atoms with Crippen LogP contribution < -0.4 is 15.5 Å². The van der Waals surface area contributed by atoms with E-state index in [1.165, 1.54) is 5.69 Å². The highest BCUT2D eigenvalue weighted by Gasteiger charge is 2.21. The van der Waals surface area contributed by atoms with Crippen molar-refractivity contribution in [3.8, 4) is 0 Å². The lowest BCUT2D eigenvalue weighted by Crippen LogP contribution is -2.43. The van der Waals surface area contributed by atoms with Crippen LogP contribution in [0.15, 0.2) is 85.2 Å². The number of nitrogens with one attached hydrogen (secondary N) is 2. The summed E-state index contributed by atoms with van der Waals surface area (Å²) < 4.78 is 0. The second-order valence-electron chi connectivity index (χ2n) is 7.75. The number of hydrogen-bond acceptors (Lipinski definition) is 3. The summed E-state index contributed by atoms with van der Waals surface area (Å²) in [6.45, 7) is 2.69. The molecular formula is C25H28N4O. The Hall–Kier alpha value is -3.34. The Labute approximate surface area is 178 Å². The van der Waals surface area contributed by atoms with Gasteiger partial charge in [0, 0.05) is 25.8 Å². The minimum Gasteiger partial charge on any atom is -0.370 e. The molecule has 1 aromatic heterocycles. The van der Waals surface area contributed by atoms with E-state index >= 15 is 0 Å². The highest BCUT2D eigenvalue weighted by atomic mass is 16.2. The highest BCUT2D eigenvalue weighted by molar-refractivity contribution is 5.75. The average Bonchev–Trinajstić information content (AvgIpc) is 2.83. The molecule has 5 heteroatoms. The number of hydrogen-bond donors (Lipinski definition) is 2. The number of benzene rings is 2. The minimum atomic E-state index is -0.167. The fourth-order valence-electron chi connectivity index (χ4n) is 4.01. The Morgan fingerprint density at radius 1 is 0.933 bits per heavy atom. The molecule has 30 heavy (non-hydrogen) atoms. The van der Waals surface area contributed by atoms with Crippen molar-refractivity contribution in [2.45, 2.75) is 18.9 Å². The Morgan fingerprint density at radius 3 is 2.13 bits per heavy atom. The second-order valence-corrected chi connectivity index (χ2v) is 7.75. The monoisotopic (exact) mass is 400 g/mol. The summed E-state index contributed by atoms with van der Waals surface area (Å²) in [4.78, 5) is 19.3. The zero-order valence-electron chi connectivity index (χ0n) is 17.1. The maximum Gasteiger partial charge on any atom is 0.315 e. The number of carbonyl (C=O) groups excluding carboxylic acids is 1. The molecule has 0 bridgehead atoms. The van der Waals surface area contributed by atoms with Gasteiger partial charge in [-0.25, -0.2) is 4.79 Å². The SMILES string of the molecule is O=C(NCC1CCN(c2cccnc2)CC1)NC(c1ccccc1)c1ccccc1. The molecule has 1 fully saturated rings. The van der Waals surface area contributed by atoms with Gasteiger partial charge >= 0.3 is 6.03 Å². The van der Waals surface area contributed by atoms with Crippen molar-refractivity contribution in [3.63, 3.8) is 0 Å². The predicted molar refractivity (Wildman–Crippen MR) is 120 cm³/mol. The van der Waals surface area contributed by atoms with E-state index in [1.807, 2.05) is 72.9 Å². The molecule has 2 amide bonds. The molecule has 2 heterocycles. The van der Waals surface area contributed by atoms with Crippen molar-refractivity contribution >= 4 is 11.7 Å². The number of anilines is 1. The fourth-order valence-corrected chi connectivity index (χ4v) is 4.01. The molecule has 0 radical (unpaired) electrons. The molecule has 5 nitrogen and oxygen atoms in total. The lowest BCUT2D eigenvalue weighted by atomic mass is 9.96. The van der Waals surface area contributed by atoms with E-state index in [1.54, 1.807) is 6.20 Å². The molecule has 1 aliphatic heterocycles. The number of nitrogens with zero attached hydrogens (tertiary/aromatic N) is 2. The fraction of sp³-hybridized carbons (Fsp3) is 0.280. The largest absolute Gasteiger partial charge is 0.370 e. The molecule has 3 aromatic rings. The first-order chi connectivity index (χ1) is 14.8. The van der Waals surface area contributed by atoms with Crippen LogP contribution in [0, 0.1) is 5.92 Å². The van der Waals surface area contributed by atoms with Crippen LogP contribution in [0.5, 0.6) is 0 Å². The molecular weight excluding hydrogens is 372 g/mol. The summed E-state index contributed by atoms with van der Waals surface area (Å²) in [6.07, 6.45) is 5.85. The minimum absolute atomic E-state index is 0.123. The van der Waals surface area contributed by atoms with E-state index in [9.17, 15) is 4.79 Å². The smallest absolute Gasteiger partial charge is 0.315 e. The van der Waals surface area contributed by atoms with Gasteiger partial charge in [0.25, 0.3) is 0 Å². The highest BCUT2D eigenvalue weighted by Crippen LogP contribution is 2.23. The Balaban J connectivity index is 1.30. The molecule has 0 saturated carbocycles. The Bertz CT molecular complexity index is 870. The van der Waals surface area contributed by atoms with Gasteiger partial charge in [0.05, 0.1) is 17.9 Å². The van der Waals surface area contributed by atoms with Gasteiger partial charge in [0.1, 0.15) is 0 Å². The predicted octanol–water partition coefficient (Wildman–Crippen LogP) is 4.39. The molecule has 154 valence electrons. The lowest BCUT2D eigenvalue weighted by Gasteiger charge is -2.33. The van der Waals surface area contributed by atoms with Crippen molar-refractivity contribution in [1.82, 2.24) is 15.6 Å². The second kappa shape index (κ2) is 9.92. The summed E-state index contributed by atoms with van der Waals surface area (Å²) in [5.74, 6) is 0.496. The number of pyridine rings is 1. The number of urea groups is 1. The number of piperidine rings is 1. The summed E-state index contributed by atoms with van der Waals surface area (Å²) in [6, 6.07) is 24.0. The summed E-state index contributed by atoms with van der Waals surface area (Å²) in [7, 11) is 0. The van der Waals surface area contributed by atoms with Crippen LogP contribution in [0.1, 0.15) is 30.0 Å². The standard InChI is InChI=1S/C25H28N4O/c30-25(27-18-20-13-16-29(17-14-20)23-12-7-15-26-19-23)28-24(21-8-3-1-4-9-21)22-10-5-2-6-11-22/h1-12,15,19-20,24H,13-14,16-18H2,(H2,27,28,30). The average molecular weight is 401 g/mol. The van der Waals surface area contributed by atoms with E-state index in [0.717, 1.165) is 37.1 Å². The van der Waals surface area contributed by atoms with Gasteiger partial charge in [-0.2, -0.15) is 0 Å². The molecule has 0 spiro atoms. The first-order valence-electron chi connectivity index (χ1n) is 10.6. The van der Waals surface area contributed by atoms with Crippen LogP contribution in [0.4, 0.5) is 10.5 Å². The molecule has 1 saturated heterocycles. The zero-order valence-corrected chi connectivity index (χ0v) is 17.1. The van der Waals surface area contributed by atoms with Gasteiger partial charge in [0.15, 0.2) is 0 Å². The van der Waals surface area contributed by atoms with E-state index in [0.29, 0.717) is 12.5 Å². The third-order valence-electron chi connectivity index (χ3n) is 5.72. The van der Waals surface area contributed by atoms with E-state index < -0.39 is 0 Å². The van der Waals surface area contributed by atoms with Gasteiger partial charge in [-0.15, -0.1) is 0 Å². The number of rotatable bonds is 6. The van der Waals surface area contributed by atoms with Crippen LogP contribution >= 0.6 is 0 Å². The first-order valence-corrected chi connectivity index (χ1v) is 10.6. The summed E-state index contributed by atoms with van der Waals surface area (Å²) in [5.41, 5.74) is 3.32. The molecule has 2 aromatic carbocycles. The normalized spacial score (nSPS) is 14.5. The van der Waals surface area contributed by atoms with Crippen molar-refractivity contribution in [2.24, 2.45) is 5.92 Å². The first kappa shape index (κ1) is 20.0. The van der Waals surface area contributed by atoms with Crippen LogP contribution in [-0.4, -0.2) is 30.6 Å². The lowest BCUT2D eigenvalue weighted by molar-refractivity contribution is 0.235.